The fraction of sp³-hybridized carbons (Fsp3) is 0.207. The summed E-state index contributed by atoms with van der Waals surface area (Å²) >= 11 is 0. The van der Waals surface area contributed by atoms with Crippen molar-refractivity contribution in [2.24, 2.45) is 0 Å². The molecule has 0 saturated carbocycles. The van der Waals surface area contributed by atoms with Gasteiger partial charge >= 0.3 is 12.2 Å². The fourth-order valence-electron chi connectivity index (χ4n) is 4.45. The predicted octanol–water partition coefficient (Wildman–Crippen LogP) is 5.46. The van der Waals surface area contributed by atoms with E-state index in [-0.39, 0.29) is 17.8 Å². The summed E-state index contributed by atoms with van der Waals surface area (Å²) in [7, 11) is 1.60. The lowest BCUT2D eigenvalue weighted by atomic mass is 10.1. The Balaban J connectivity index is 1.39. The first-order valence-electron chi connectivity index (χ1n) is 12.5. The van der Waals surface area contributed by atoms with Gasteiger partial charge < -0.3 is 20.3 Å². The van der Waals surface area contributed by atoms with E-state index in [0.29, 0.717) is 42.4 Å². The summed E-state index contributed by atoms with van der Waals surface area (Å²) < 4.78 is 45.3. The van der Waals surface area contributed by atoms with Crippen LogP contribution in [0.5, 0.6) is 5.75 Å². The van der Waals surface area contributed by atoms with Crippen LogP contribution >= 0.6 is 0 Å². The van der Waals surface area contributed by atoms with Gasteiger partial charge in [0.15, 0.2) is 0 Å². The Labute approximate surface area is 228 Å². The molecule has 0 spiro atoms. The fourth-order valence-corrected chi connectivity index (χ4v) is 4.45. The van der Waals surface area contributed by atoms with Crippen LogP contribution in [0.15, 0.2) is 83.7 Å². The molecule has 5 rings (SSSR count). The second-order valence-electron chi connectivity index (χ2n) is 9.22. The van der Waals surface area contributed by atoms with E-state index >= 15 is 0 Å². The number of rotatable bonds is 6. The summed E-state index contributed by atoms with van der Waals surface area (Å²) in [6.45, 7) is 0.724. The molecule has 40 heavy (non-hydrogen) atoms. The molecule has 0 fully saturated rings. The van der Waals surface area contributed by atoms with Gasteiger partial charge in [0.25, 0.3) is 5.56 Å². The molecule has 1 aromatic heterocycles. The molecule has 3 aromatic carbocycles. The van der Waals surface area contributed by atoms with E-state index < -0.39 is 17.8 Å². The number of carbonyl (C=O) groups is 1. The monoisotopic (exact) mass is 549 g/mol. The number of hydrogen-bond donors (Lipinski definition) is 2. The molecule has 1 aliphatic rings. The number of urea groups is 1. The maximum absolute atomic E-state index is 13.8. The quantitative estimate of drug-likeness (QED) is 0.334. The van der Waals surface area contributed by atoms with Crippen molar-refractivity contribution in [3.05, 3.63) is 112 Å². The zero-order valence-corrected chi connectivity index (χ0v) is 21.5. The van der Waals surface area contributed by atoms with E-state index in [2.05, 4.69) is 10.6 Å². The van der Waals surface area contributed by atoms with Crippen molar-refractivity contribution >= 4 is 17.7 Å². The average Bonchev–Trinajstić information content (AvgIpc) is 2.96. The number of anilines is 2. The molecule has 206 valence electrons. The van der Waals surface area contributed by atoms with E-state index in [1.807, 2.05) is 42.5 Å². The number of benzene rings is 3. The normalized spacial score (nSPS) is 12.9. The van der Waals surface area contributed by atoms with Crippen molar-refractivity contribution in [2.75, 3.05) is 24.3 Å². The first-order chi connectivity index (χ1) is 19.2. The first kappa shape index (κ1) is 26.8. The van der Waals surface area contributed by atoms with Crippen LogP contribution in [-0.4, -0.2) is 34.1 Å². The highest BCUT2D eigenvalue weighted by Crippen LogP contribution is 2.30. The van der Waals surface area contributed by atoms with E-state index in [4.69, 9.17) is 9.72 Å². The largest absolute Gasteiger partial charge is 0.497 e. The Bertz CT molecular complexity index is 1550. The highest BCUT2D eigenvalue weighted by atomic mass is 19.4. The highest BCUT2D eigenvalue weighted by Gasteiger charge is 2.30. The second-order valence-corrected chi connectivity index (χ2v) is 9.22. The lowest BCUT2D eigenvalue weighted by Gasteiger charge is -2.29. The molecular formula is C29H26F3N5O3. The van der Waals surface area contributed by atoms with Crippen LogP contribution in [0.4, 0.5) is 29.6 Å². The van der Waals surface area contributed by atoms with Crippen molar-refractivity contribution in [3.63, 3.8) is 0 Å². The van der Waals surface area contributed by atoms with Crippen LogP contribution in [-0.2, 0) is 25.7 Å². The molecule has 1 aliphatic heterocycles. The van der Waals surface area contributed by atoms with Crippen molar-refractivity contribution in [1.29, 1.82) is 0 Å². The minimum Gasteiger partial charge on any atom is -0.497 e. The number of amides is 2. The lowest BCUT2D eigenvalue weighted by Crippen LogP contribution is -2.43. The molecule has 8 nitrogen and oxygen atoms in total. The summed E-state index contributed by atoms with van der Waals surface area (Å²) in [5.74, 6) is 1.12. The number of alkyl halides is 3. The summed E-state index contributed by atoms with van der Waals surface area (Å²) in [5, 5.41) is 5.89. The molecule has 0 radical (unpaired) electrons. The summed E-state index contributed by atoms with van der Waals surface area (Å²) in [6.07, 6.45) is -4.12. The van der Waals surface area contributed by atoms with Crippen LogP contribution in [0.3, 0.4) is 0 Å². The van der Waals surface area contributed by atoms with Crippen molar-refractivity contribution < 1.29 is 22.7 Å². The lowest BCUT2D eigenvalue weighted by molar-refractivity contribution is -0.137. The van der Waals surface area contributed by atoms with Gasteiger partial charge in [0, 0.05) is 25.2 Å². The zero-order chi connectivity index (χ0) is 28.3. The SMILES string of the molecule is COc1ccc(CNc2nc3c(c(=O)n2-c2ccccc2)CN(C(=O)Nc2ccc(C(F)(F)F)cc2)CC3)cc1. The average molecular weight is 550 g/mol. The molecule has 4 aromatic rings. The molecule has 0 atom stereocenters. The van der Waals surface area contributed by atoms with Gasteiger partial charge in [-0.3, -0.25) is 4.79 Å². The molecule has 0 unspecified atom stereocenters. The Morgan fingerprint density at radius 3 is 2.35 bits per heavy atom. The number of halogens is 3. The minimum atomic E-state index is -4.47. The number of aromatic nitrogens is 2. The minimum absolute atomic E-state index is 0.0131. The van der Waals surface area contributed by atoms with Crippen molar-refractivity contribution in [2.45, 2.75) is 25.7 Å². The summed E-state index contributed by atoms with van der Waals surface area (Å²) in [5.41, 5.74) is 1.68. The van der Waals surface area contributed by atoms with Gasteiger partial charge in [-0.15, -0.1) is 0 Å². The second kappa shape index (κ2) is 11.1. The van der Waals surface area contributed by atoms with Crippen LogP contribution < -0.4 is 20.9 Å². The Hall–Kier alpha value is -4.80. The third-order valence-corrected chi connectivity index (χ3v) is 6.60. The third-order valence-electron chi connectivity index (χ3n) is 6.60. The number of hydrogen-bond acceptors (Lipinski definition) is 5. The van der Waals surface area contributed by atoms with E-state index in [1.54, 1.807) is 19.2 Å². The van der Waals surface area contributed by atoms with Gasteiger partial charge in [-0.25, -0.2) is 14.3 Å². The van der Waals surface area contributed by atoms with Gasteiger partial charge in [-0.05, 0) is 54.1 Å². The summed E-state index contributed by atoms with van der Waals surface area (Å²) in [6, 6.07) is 20.3. The predicted molar refractivity (Wildman–Crippen MR) is 145 cm³/mol. The van der Waals surface area contributed by atoms with E-state index in [0.717, 1.165) is 23.4 Å². The topological polar surface area (TPSA) is 88.5 Å². The number of nitrogens with zero attached hydrogens (tertiary/aromatic N) is 3. The van der Waals surface area contributed by atoms with Gasteiger partial charge in [0.05, 0.1) is 36.2 Å². The number of para-hydroxylation sites is 1. The third kappa shape index (κ3) is 5.78. The first-order valence-corrected chi connectivity index (χ1v) is 12.5. The number of nitrogens with one attached hydrogen (secondary N) is 2. The molecule has 0 saturated heterocycles. The van der Waals surface area contributed by atoms with Crippen LogP contribution in [0.1, 0.15) is 22.4 Å². The molecule has 2 heterocycles. The standard InChI is InChI=1S/C29H26F3N5O3/c1-40-23-13-7-19(8-14-23)17-33-27-35-25-15-16-36(18-24(25)26(38)37(27)22-5-3-2-4-6-22)28(39)34-21-11-9-20(10-12-21)29(30,31)32/h2-14H,15-18H2,1H3,(H,33,35)(H,34,39). The number of carbonyl (C=O) groups excluding carboxylic acids is 1. The Kier molecular flexibility index (Phi) is 7.45. The number of methoxy groups -OCH3 is 1. The number of fused-ring (bicyclic) bond motifs is 1. The maximum atomic E-state index is 13.8. The van der Waals surface area contributed by atoms with Gasteiger partial charge in [0.2, 0.25) is 5.95 Å². The molecular weight excluding hydrogens is 523 g/mol. The van der Waals surface area contributed by atoms with E-state index in [9.17, 15) is 22.8 Å². The Morgan fingerprint density at radius 1 is 1.00 bits per heavy atom. The van der Waals surface area contributed by atoms with Crippen molar-refractivity contribution in [3.8, 4) is 11.4 Å². The molecule has 2 N–H and O–H groups in total. The van der Waals surface area contributed by atoms with E-state index in [1.165, 1.54) is 21.6 Å². The smallest absolute Gasteiger partial charge is 0.416 e. The zero-order valence-electron chi connectivity index (χ0n) is 21.5. The summed E-state index contributed by atoms with van der Waals surface area (Å²) in [4.78, 5) is 32.9. The Morgan fingerprint density at radius 2 is 1.70 bits per heavy atom. The highest BCUT2D eigenvalue weighted by molar-refractivity contribution is 5.89. The van der Waals surface area contributed by atoms with Crippen molar-refractivity contribution in [1.82, 2.24) is 14.5 Å². The number of ether oxygens (including phenoxy) is 1. The molecule has 0 aliphatic carbocycles. The molecule has 0 bridgehead atoms. The molecule has 2 amide bonds. The van der Waals surface area contributed by atoms with Crippen LogP contribution in [0, 0.1) is 0 Å². The van der Waals surface area contributed by atoms with Gasteiger partial charge in [0.1, 0.15) is 5.75 Å². The van der Waals surface area contributed by atoms with Crippen LogP contribution in [0.2, 0.25) is 0 Å². The van der Waals surface area contributed by atoms with Gasteiger partial charge in [-0.1, -0.05) is 30.3 Å². The molecule has 11 heteroatoms. The van der Waals surface area contributed by atoms with Crippen LogP contribution in [0.25, 0.3) is 5.69 Å². The maximum Gasteiger partial charge on any atom is 0.416 e. The van der Waals surface area contributed by atoms with Gasteiger partial charge in [-0.2, -0.15) is 13.2 Å².